The van der Waals surface area contributed by atoms with Crippen molar-refractivity contribution in [3.8, 4) is 11.5 Å². The Morgan fingerprint density at radius 2 is 2.16 bits per heavy atom. The highest BCUT2D eigenvalue weighted by Gasteiger charge is 2.15. The molecule has 2 heterocycles. The summed E-state index contributed by atoms with van der Waals surface area (Å²) in [6.45, 7) is 4.89. The molecular weight excluding hydrogens is 260 g/mol. The van der Waals surface area contributed by atoms with Gasteiger partial charge in [0.05, 0.1) is 11.2 Å². The van der Waals surface area contributed by atoms with Crippen molar-refractivity contribution < 1.29 is 9.47 Å². The number of benzene rings is 1. The highest BCUT2D eigenvalue weighted by Crippen LogP contribution is 2.33. The van der Waals surface area contributed by atoms with Gasteiger partial charge < -0.3 is 14.8 Å². The van der Waals surface area contributed by atoms with Crippen molar-refractivity contribution >= 4 is 11.3 Å². The number of hydrogen-bond acceptors (Lipinski definition) is 5. The van der Waals surface area contributed by atoms with Crippen LogP contribution in [0.15, 0.2) is 23.7 Å². The lowest BCUT2D eigenvalue weighted by Crippen LogP contribution is -2.19. The first-order valence-corrected chi connectivity index (χ1v) is 7.20. The molecule has 19 heavy (non-hydrogen) atoms. The number of nitrogens with zero attached hydrogens (tertiary/aromatic N) is 1. The summed E-state index contributed by atoms with van der Waals surface area (Å²) < 4.78 is 11.3. The second-order valence-electron chi connectivity index (χ2n) is 4.41. The van der Waals surface area contributed by atoms with E-state index in [1.165, 1.54) is 4.88 Å². The fourth-order valence-corrected chi connectivity index (χ4v) is 2.83. The Kier molecular flexibility index (Phi) is 3.66. The number of rotatable bonds is 4. The molecule has 1 aromatic heterocycles. The average Bonchev–Trinajstić information content (AvgIpc) is 2.85. The normalized spacial score (nSPS) is 13.5. The lowest BCUT2D eigenvalue weighted by atomic mass is 10.1. The Balaban J connectivity index is 1.66. The molecule has 1 aliphatic rings. The number of nitrogens with one attached hydrogen (secondary N) is 1. The highest BCUT2D eigenvalue weighted by atomic mass is 32.1. The topological polar surface area (TPSA) is 43.4 Å². The Morgan fingerprint density at radius 3 is 3.00 bits per heavy atom. The monoisotopic (exact) mass is 276 g/mol. The summed E-state index contributed by atoms with van der Waals surface area (Å²) in [7, 11) is 0. The maximum absolute atomic E-state index is 5.69. The molecular formula is C14H16N2O2S. The third kappa shape index (κ3) is 2.72. The van der Waals surface area contributed by atoms with Gasteiger partial charge in [-0.15, -0.1) is 11.3 Å². The second-order valence-corrected chi connectivity index (χ2v) is 5.35. The minimum atomic E-state index is 0.623. The van der Waals surface area contributed by atoms with E-state index in [4.69, 9.17) is 9.47 Å². The van der Waals surface area contributed by atoms with Crippen LogP contribution in [0.1, 0.15) is 16.1 Å². The van der Waals surface area contributed by atoms with Gasteiger partial charge in [-0.3, -0.25) is 0 Å². The highest BCUT2D eigenvalue weighted by molar-refractivity contribution is 7.09. The number of ether oxygens (including phenoxy) is 2. The minimum absolute atomic E-state index is 0.623. The summed E-state index contributed by atoms with van der Waals surface area (Å²) in [5.74, 6) is 1.72. The standard InChI is InChI=1S/C14H16N2O2S/c1-10-13(19-9-16-10)8-15-7-11-3-2-4-12-14(11)18-6-5-17-12/h2-4,9,15H,5-8H2,1H3. The number of thiazole rings is 1. The first kappa shape index (κ1) is 12.4. The van der Waals surface area contributed by atoms with E-state index in [1.54, 1.807) is 11.3 Å². The Morgan fingerprint density at radius 1 is 1.26 bits per heavy atom. The molecule has 4 nitrogen and oxygen atoms in total. The molecule has 1 aliphatic heterocycles. The van der Waals surface area contributed by atoms with E-state index < -0.39 is 0 Å². The van der Waals surface area contributed by atoms with Gasteiger partial charge in [0.2, 0.25) is 0 Å². The predicted octanol–water partition coefficient (Wildman–Crippen LogP) is 2.51. The average molecular weight is 276 g/mol. The van der Waals surface area contributed by atoms with Crippen molar-refractivity contribution in [2.24, 2.45) is 0 Å². The van der Waals surface area contributed by atoms with E-state index in [0.29, 0.717) is 13.2 Å². The van der Waals surface area contributed by atoms with Gasteiger partial charge in [0.25, 0.3) is 0 Å². The zero-order valence-corrected chi connectivity index (χ0v) is 11.6. The van der Waals surface area contributed by atoms with Crippen LogP contribution in [0.25, 0.3) is 0 Å². The lowest BCUT2D eigenvalue weighted by Gasteiger charge is -2.21. The molecule has 1 aromatic carbocycles. The van der Waals surface area contributed by atoms with Crippen molar-refractivity contribution in [2.45, 2.75) is 20.0 Å². The SMILES string of the molecule is Cc1ncsc1CNCc1cccc2c1OCCO2. The number of fused-ring (bicyclic) bond motifs is 1. The van der Waals surface area contributed by atoms with E-state index in [2.05, 4.69) is 16.4 Å². The summed E-state index contributed by atoms with van der Waals surface area (Å²) in [4.78, 5) is 5.53. The minimum Gasteiger partial charge on any atom is -0.486 e. The molecule has 0 bridgehead atoms. The maximum atomic E-state index is 5.69. The third-order valence-corrected chi connectivity index (χ3v) is 4.03. The second kappa shape index (κ2) is 5.59. The van der Waals surface area contributed by atoms with E-state index in [1.807, 2.05) is 24.6 Å². The van der Waals surface area contributed by atoms with Crippen LogP contribution < -0.4 is 14.8 Å². The molecule has 0 radical (unpaired) electrons. The van der Waals surface area contributed by atoms with E-state index in [-0.39, 0.29) is 0 Å². The molecule has 5 heteroatoms. The van der Waals surface area contributed by atoms with Crippen molar-refractivity contribution in [3.05, 3.63) is 39.8 Å². The fourth-order valence-electron chi connectivity index (χ4n) is 2.08. The molecule has 0 aliphatic carbocycles. The summed E-state index contributed by atoms with van der Waals surface area (Å²) in [6, 6.07) is 6.02. The van der Waals surface area contributed by atoms with Crippen LogP contribution in [0.4, 0.5) is 0 Å². The van der Waals surface area contributed by atoms with Crippen molar-refractivity contribution in [2.75, 3.05) is 13.2 Å². The van der Waals surface area contributed by atoms with Crippen LogP contribution in [0.5, 0.6) is 11.5 Å². The third-order valence-electron chi connectivity index (χ3n) is 3.09. The largest absolute Gasteiger partial charge is 0.486 e. The molecule has 2 aromatic rings. The first-order valence-electron chi connectivity index (χ1n) is 6.32. The van der Waals surface area contributed by atoms with Gasteiger partial charge in [0, 0.05) is 23.5 Å². The molecule has 0 saturated heterocycles. The number of aryl methyl sites for hydroxylation is 1. The molecule has 0 fully saturated rings. The van der Waals surface area contributed by atoms with Crippen LogP contribution in [-0.4, -0.2) is 18.2 Å². The van der Waals surface area contributed by atoms with Gasteiger partial charge >= 0.3 is 0 Å². The van der Waals surface area contributed by atoms with Gasteiger partial charge in [-0.25, -0.2) is 4.98 Å². The van der Waals surface area contributed by atoms with Gasteiger partial charge in [0.1, 0.15) is 13.2 Å². The molecule has 0 amide bonds. The molecule has 0 unspecified atom stereocenters. The molecule has 3 rings (SSSR count). The molecule has 0 spiro atoms. The number of hydrogen-bond donors (Lipinski definition) is 1. The van der Waals surface area contributed by atoms with Crippen molar-refractivity contribution in [1.82, 2.24) is 10.3 Å². The number of aromatic nitrogens is 1. The Bertz CT molecular complexity index is 568. The first-order chi connectivity index (χ1) is 9.34. The Labute approximate surface area is 116 Å². The molecule has 0 atom stereocenters. The summed E-state index contributed by atoms with van der Waals surface area (Å²) in [5.41, 5.74) is 4.12. The quantitative estimate of drug-likeness (QED) is 0.932. The molecule has 1 N–H and O–H groups in total. The van der Waals surface area contributed by atoms with E-state index in [0.717, 1.165) is 35.8 Å². The number of para-hydroxylation sites is 1. The fraction of sp³-hybridized carbons (Fsp3) is 0.357. The molecule has 100 valence electrons. The van der Waals surface area contributed by atoms with Gasteiger partial charge in [0.15, 0.2) is 11.5 Å². The van der Waals surface area contributed by atoms with Crippen molar-refractivity contribution in [1.29, 1.82) is 0 Å². The predicted molar refractivity (Wildman–Crippen MR) is 74.8 cm³/mol. The van der Waals surface area contributed by atoms with Gasteiger partial charge in [-0.1, -0.05) is 12.1 Å². The van der Waals surface area contributed by atoms with Gasteiger partial charge in [-0.2, -0.15) is 0 Å². The van der Waals surface area contributed by atoms with Crippen LogP contribution in [-0.2, 0) is 13.1 Å². The van der Waals surface area contributed by atoms with Gasteiger partial charge in [-0.05, 0) is 13.0 Å². The smallest absolute Gasteiger partial charge is 0.165 e. The lowest BCUT2D eigenvalue weighted by molar-refractivity contribution is 0.169. The zero-order chi connectivity index (χ0) is 13.1. The zero-order valence-electron chi connectivity index (χ0n) is 10.8. The van der Waals surface area contributed by atoms with Crippen LogP contribution >= 0.6 is 11.3 Å². The van der Waals surface area contributed by atoms with Crippen LogP contribution in [0, 0.1) is 6.92 Å². The van der Waals surface area contributed by atoms with Crippen molar-refractivity contribution in [3.63, 3.8) is 0 Å². The van der Waals surface area contributed by atoms with E-state index in [9.17, 15) is 0 Å². The summed E-state index contributed by atoms with van der Waals surface area (Å²) in [6.07, 6.45) is 0. The van der Waals surface area contributed by atoms with Crippen LogP contribution in [0.2, 0.25) is 0 Å². The van der Waals surface area contributed by atoms with E-state index >= 15 is 0 Å². The van der Waals surface area contributed by atoms with Crippen LogP contribution in [0.3, 0.4) is 0 Å². The summed E-state index contributed by atoms with van der Waals surface area (Å²) >= 11 is 1.68. The molecule has 0 saturated carbocycles. The Hall–Kier alpha value is -1.59. The maximum Gasteiger partial charge on any atom is 0.165 e. The summed E-state index contributed by atoms with van der Waals surface area (Å²) in [5, 5.41) is 3.43.